The second-order valence-corrected chi connectivity index (χ2v) is 2.73. The molecular formula is C7H7Cl2F3N2. The van der Waals surface area contributed by atoms with Crippen molar-refractivity contribution < 1.29 is 13.2 Å². The van der Waals surface area contributed by atoms with Crippen LogP contribution in [0.4, 0.5) is 13.2 Å². The van der Waals surface area contributed by atoms with Crippen molar-refractivity contribution in [2.45, 2.75) is 12.7 Å². The summed E-state index contributed by atoms with van der Waals surface area (Å²) in [6, 6.07) is 1.96. The van der Waals surface area contributed by atoms with Gasteiger partial charge >= 0.3 is 6.18 Å². The van der Waals surface area contributed by atoms with Crippen molar-refractivity contribution in [1.82, 2.24) is 4.98 Å². The minimum atomic E-state index is -4.45. The van der Waals surface area contributed by atoms with E-state index in [1.54, 1.807) is 0 Å². The number of hydrogen-bond donors (Lipinski definition) is 1. The summed E-state index contributed by atoms with van der Waals surface area (Å²) < 4.78 is 36.3. The molecule has 7 heteroatoms. The lowest BCUT2D eigenvalue weighted by molar-refractivity contribution is -0.141. The van der Waals surface area contributed by atoms with Gasteiger partial charge in [-0.05, 0) is 12.1 Å². The first kappa shape index (κ1) is 13.5. The average molecular weight is 247 g/mol. The third-order valence-corrected chi connectivity index (χ3v) is 1.75. The number of alkyl halides is 3. The molecule has 0 radical (unpaired) electrons. The fourth-order valence-corrected chi connectivity index (χ4v) is 0.968. The van der Waals surface area contributed by atoms with E-state index in [-0.39, 0.29) is 29.7 Å². The summed E-state index contributed by atoms with van der Waals surface area (Å²) in [5.74, 6) is 0. The highest BCUT2D eigenvalue weighted by Crippen LogP contribution is 2.29. The van der Waals surface area contributed by atoms with E-state index in [0.29, 0.717) is 0 Å². The molecule has 0 atom stereocenters. The van der Waals surface area contributed by atoms with Crippen LogP contribution in [0.5, 0.6) is 0 Å². The first-order valence-corrected chi connectivity index (χ1v) is 3.75. The van der Waals surface area contributed by atoms with E-state index < -0.39 is 11.9 Å². The molecule has 0 bridgehead atoms. The van der Waals surface area contributed by atoms with Gasteiger partial charge in [0.05, 0.1) is 10.7 Å². The zero-order valence-electron chi connectivity index (χ0n) is 6.81. The van der Waals surface area contributed by atoms with Gasteiger partial charge in [0.2, 0.25) is 0 Å². The molecule has 0 fully saturated rings. The fourth-order valence-electron chi connectivity index (χ4n) is 0.785. The lowest BCUT2D eigenvalue weighted by Crippen LogP contribution is -2.11. The smallest absolute Gasteiger partial charge is 0.325 e. The van der Waals surface area contributed by atoms with E-state index in [9.17, 15) is 13.2 Å². The quantitative estimate of drug-likeness (QED) is 0.828. The number of pyridine rings is 1. The lowest BCUT2D eigenvalue weighted by Gasteiger charge is -2.07. The van der Waals surface area contributed by atoms with Crippen molar-refractivity contribution >= 4 is 24.0 Å². The summed E-state index contributed by atoms with van der Waals surface area (Å²) in [6.45, 7) is -0.108. The van der Waals surface area contributed by atoms with E-state index in [2.05, 4.69) is 4.98 Å². The molecule has 0 unspecified atom stereocenters. The fraction of sp³-hybridized carbons (Fsp3) is 0.286. The van der Waals surface area contributed by atoms with Crippen molar-refractivity contribution in [1.29, 1.82) is 0 Å². The van der Waals surface area contributed by atoms with E-state index in [1.165, 1.54) is 0 Å². The Morgan fingerprint density at radius 2 is 1.93 bits per heavy atom. The Labute approximate surface area is 89.7 Å². The van der Waals surface area contributed by atoms with Gasteiger partial charge in [-0.3, -0.25) is 0 Å². The van der Waals surface area contributed by atoms with Crippen LogP contribution in [0.25, 0.3) is 0 Å². The molecule has 80 valence electrons. The van der Waals surface area contributed by atoms with Gasteiger partial charge in [0.15, 0.2) is 0 Å². The second-order valence-electron chi connectivity index (χ2n) is 2.33. The van der Waals surface area contributed by atoms with Crippen molar-refractivity contribution in [3.63, 3.8) is 0 Å². The summed E-state index contributed by atoms with van der Waals surface area (Å²) in [5, 5.41) is 0.149. The molecule has 2 N–H and O–H groups in total. The minimum Gasteiger partial charge on any atom is -0.325 e. The maximum absolute atomic E-state index is 12.1. The highest BCUT2D eigenvalue weighted by Gasteiger charge is 2.32. The number of hydrogen-bond acceptors (Lipinski definition) is 2. The first-order valence-electron chi connectivity index (χ1n) is 3.38. The molecule has 1 rings (SSSR count). The standard InChI is InChI=1S/C7H6ClF3N2.ClH/c8-4-1-2-6(7(9,10)11)13-5(4)3-12;/h1-2H,3,12H2;1H. The Balaban J connectivity index is 0.00000169. The monoisotopic (exact) mass is 246 g/mol. The maximum atomic E-state index is 12.1. The maximum Gasteiger partial charge on any atom is 0.433 e. The molecule has 1 aromatic heterocycles. The summed E-state index contributed by atoms with van der Waals surface area (Å²) in [7, 11) is 0. The van der Waals surface area contributed by atoms with Crippen LogP contribution >= 0.6 is 24.0 Å². The van der Waals surface area contributed by atoms with Gasteiger partial charge in [-0.1, -0.05) is 11.6 Å². The molecule has 0 aliphatic rings. The predicted octanol–water partition coefficient (Wildman–Crippen LogP) is 2.63. The van der Waals surface area contributed by atoms with Crippen molar-refractivity contribution in [2.24, 2.45) is 5.73 Å². The van der Waals surface area contributed by atoms with E-state index >= 15 is 0 Å². The number of aromatic nitrogens is 1. The molecule has 0 aliphatic heterocycles. The zero-order chi connectivity index (χ0) is 10.1. The predicted molar refractivity (Wildman–Crippen MR) is 49.4 cm³/mol. The Morgan fingerprint density at radius 3 is 2.36 bits per heavy atom. The molecule has 1 heterocycles. The molecule has 0 aliphatic carbocycles. The van der Waals surface area contributed by atoms with Crippen LogP contribution in [-0.4, -0.2) is 4.98 Å². The minimum absolute atomic E-state index is 0. The third-order valence-electron chi connectivity index (χ3n) is 1.40. The Hall–Kier alpha value is -0.520. The molecule has 0 aromatic carbocycles. The van der Waals surface area contributed by atoms with Crippen LogP contribution in [0, 0.1) is 0 Å². The van der Waals surface area contributed by atoms with Gasteiger partial charge in [0, 0.05) is 6.54 Å². The molecule has 1 aromatic rings. The molecule has 0 amide bonds. The van der Waals surface area contributed by atoms with Crippen LogP contribution in [-0.2, 0) is 12.7 Å². The van der Waals surface area contributed by atoms with E-state index in [4.69, 9.17) is 17.3 Å². The SMILES string of the molecule is Cl.NCc1nc(C(F)(F)F)ccc1Cl. The lowest BCUT2D eigenvalue weighted by atomic mass is 10.3. The summed E-state index contributed by atoms with van der Waals surface area (Å²) in [6.07, 6.45) is -4.45. The number of nitrogens with zero attached hydrogens (tertiary/aromatic N) is 1. The molecule has 0 saturated heterocycles. The van der Waals surface area contributed by atoms with Gasteiger partial charge in [0.1, 0.15) is 5.69 Å². The van der Waals surface area contributed by atoms with Gasteiger partial charge in [-0.15, -0.1) is 12.4 Å². The molecule has 0 spiro atoms. The number of nitrogens with two attached hydrogens (primary N) is 1. The number of rotatable bonds is 1. The molecule has 2 nitrogen and oxygen atoms in total. The zero-order valence-corrected chi connectivity index (χ0v) is 8.38. The van der Waals surface area contributed by atoms with Gasteiger partial charge in [0.25, 0.3) is 0 Å². The first-order chi connectivity index (χ1) is 5.95. The van der Waals surface area contributed by atoms with Crippen LogP contribution < -0.4 is 5.73 Å². The van der Waals surface area contributed by atoms with Crippen molar-refractivity contribution in [3.8, 4) is 0 Å². The highest BCUT2D eigenvalue weighted by atomic mass is 35.5. The largest absolute Gasteiger partial charge is 0.433 e. The Bertz CT molecular complexity index is 314. The van der Waals surface area contributed by atoms with E-state index in [0.717, 1.165) is 12.1 Å². The second kappa shape index (κ2) is 4.82. The Kier molecular flexibility index (Phi) is 4.64. The van der Waals surface area contributed by atoms with Crippen molar-refractivity contribution in [2.75, 3.05) is 0 Å². The topological polar surface area (TPSA) is 38.9 Å². The molecule has 14 heavy (non-hydrogen) atoms. The van der Waals surface area contributed by atoms with Crippen LogP contribution in [0.2, 0.25) is 5.02 Å². The summed E-state index contributed by atoms with van der Waals surface area (Å²) in [5.41, 5.74) is 4.23. The Morgan fingerprint density at radius 1 is 1.36 bits per heavy atom. The van der Waals surface area contributed by atoms with Gasteiger partial charge < -0.3 is 5.73 Å². The highest BCUT2D eigenvalue weighted by molar-refractivity contribution is 6.31. The van der Waals surface area contributed by atoms with Gasteiger partial charge in [-0.2, -0.15) is 13.2 Å². The van der Waals surface area contributed by atoms with Crippen LogP contribution in [0.3, 0.4) is 0 Å². The summed E-state index contributed by atoms with van der Waals surface area (Å²) >= 11 is 5.54. The van der Waals surface area contributed by atoms with Gasteiger partial charge in [-0.25, -0.2) is 4.98 Å². The third kappa shape index (κ3) is 3.01. The molecule has 0 saturated carbocycles. The van der Waals surface area contributed by atoms with Crippen molar-refractivity contribution in [3.05, 3.63) is 28.5 Å². The van der Waals surface area contributed by atoms with E-state index in [1.807, 2.05) is 0 Å². The number of halogens is 5. The normalized spacial score (nSPS) is 10.9. The van der Waals surface area contributed by atoms with Crippen LogP contribution in [0.1, 0.15) is 11.4 Å². The average Bonchev–Trinajstić information content (AvgIpc) is 2.03. The molecular weight excluding hydrogens is 240 g/mol. The summed E-state index contributed by atoms with van der Waals surface area (Å²) in [4.78, 5) is 3.28. The van der Waals surface area contributed by atoms with Crippen LogP contribution in [0.15, 0.2) is 12.1 Å².